The Kier molecular flexibility index (Phi) is 7.77. The first-order chi connectivity index (χ1) is 21.1. The highest BCUT2D eigenvalue weighted by Crippen LogP contribution is 2.59. The van der Waals surface area contributed by atoms with Crippen LogP contribution in [-0.4, -0.2) is 41.5 Å². The van der Waals surface area contributed by atoms with Gasteiger partial charge in [-0.05, 0) is 60.7 Å². The minimum absolute atomic E-state index is 0.145. The highest BCUT2D eigenvalue weighted by molar-refractivity contribution is 5.95. The molecule has 4 atom stereocenters. The van der Waals surface area contributed by atoms with E-state index in [9.17, 15) is 19.5 Å². The van der Waals surface area contributed by atoms with Crippen LogP contribution < -0.4 is 10.1 Å². The molecule has 3 aromatic rings. The number of amides is 1. The lowest BCUT2D eigenvalue weighted by molar-refractivity contribution is -0.145. The summed E-state index contributed by atoms with van der Waals surface area (Å²) in [5, 5.41) is 14.0. The summed E-state index contributed by atoms with van der Waals surface area (Å²) in [5.74, 6) is -1.26. The number of aliphatic hydroxyl groups is 1. The number of ether oxygens (including phenoxy) is 4. The maximum atomic E-state index is 13.4. The SMILES string of the molecule is CC1=C2COCc3ccc(OC(=O)[C@H](O)[C@@H](NC(=O)c4ccccc4)c4ccccc4)cc3[C@@H]3OC(=O)O[C@@]3(CC1)C2(C)C. The summed E-state index contributed by atoms with van der Waals surface area (Å²) >= 11 is 0. The van der Waals surface area contributed by atoms with Gasteiger partial charge in [-0.3, -0.25) is 4.79 Å². The molecule has 3 aliphatic rings. The third-order valence-electron chi connectivity index (χ3n) is 9.26. The lowest BCUT2D eigenvalue weighted by atomic mass is 9.59. The Balaban J connectivity index is 1.30. The van der Waals surface area contributed by atoms with Crippen LogP contribution in [0.4, 0.5) is 4.79 Å². The van der Waals surface area contributed by atoms with E-state index in [1.54, 1.807) is 78.9 Å². The van der Waals surface area contributed by atoms with Gasteiger partial charge < -0.3 is 29.4 Å². The predicted octanol–water partition coefficient (Wildman–Crippen LogP) is 5.74. The molecule has 2 heterocycles. The normalized spacial score (nSPS) is 23.4. The monoisotopic (exact) mass is 597 g/mol. The number of rotatable bonds is 6. The first-order valence-corrected chi connectivity index (χ1v) is 14.7. The summed E-state index contributed by atoms with van der Waals surface area (Å²) in [7, 11) is 0. The number of fused-ring (bicyclic) bond motifs is 3. The average molecular weight is 598 g/mol. The van der Waals surface area contributed by atoms with E-state index in [4.69, 9.17) is 18.9 Å². The maximum Gasteiger partial charge on any atom is 0.509 e. The van der Waals surface area contributed by atoms with Gasteiger partial charge in [-0.2, -0.15) is 0 Å². The van der Waals surface area contributed by atoms with Crippen LogP contribution in [0.5, 0.6) is 5.75 Å². The van der Waals surface area contributed by atoms with E-state index >= 15 is 0 Å². The Bertz CT molecular complexity index is 1620. The lowest BCUT2D eigenvalue weighted by Gasteiger charge is -2.49. The lowest BCUT2D eigenvalue weighted by Crippen LogP contribution is -2.52. The second-order valence-electron chi connectivity index (χ2n) is 12.1. The van der Waals surface area contributed by atoms with Crippen molar-refractivity contribution in [2.75, 3.05) is 6.61 Å². The predicted molar refractivity (Wildman–Crippen MR) is 160 cm³/mol. The van der Waals surface area contributed by atoms with Gasteiger partial charge in [0, 0.05) is 16.5 Å². The number of esters is 1. The van der Waals surface area contributed by atoms with Crippen molar-refractivity contribution >= 4 is 18.0 Å². The molecule has 2 N–H and O–H groups in total. The first-order valence-electron chi connectivity index (χ1n) is 14.7. The summed E-state index contributed by atoms with van der Waals surface area (Å²) in [6.07, 6.45) is -1.96. The largest absolute Gasteiger partial charge is 0.509 e. The molecule has 44 heavy (non-hydrogen) atoms. The first kappa shape index (κ1) is 29.6. The highest BCUT2D eigenvalue weighted by atomic mass is 16.8. The van der Waals surface area contributed by atoms with Gasteiger partial charge in [-0.15, -0.1) is 0 Å². The topological polar surface area (TPSA) is 120 Å². The summed E-state index contributed by atoms with van der Waals surface area (Å²) in [5.41, 5.74) is 3.02. The number of carbonyl (C=O) groups excluding carboxylic acids is 3. The molecule has 6 rings (SSSR count). The van der Waals surface area contributed by atoms with E-state index < -0.39 is 47.3 Å². The van der Waals surface area contributed by atoms with Gasteiger partial charge in [-0.25, -0.2) is 9.59 Å². The van der Waals surface area contributed by atoms with Gasteiger partial charge in [0.05, 0.1) is 19.3 Å². The van der Waals surface area contributed by atoms with Crippen LogP contribution in [0.15, 0.2) is 90.0 Å². The van der Waals surface area contributed by atoms with Gasteiger partial charge in [0.15, 0.2) is 17.8 Å². The smallest absolute Gasteiger partial charge is 0.425 e. The number of aliphatic hydroxyl groups excluding tert-OH is 1. The van der Waals surface area contributed by atoms with Crippen molar-refractivity contribution in [2.45, 2.75) is 64.1 Å². The molecule has 0 radical (unpaired) electrons. The number of benzene rings is 3. The molecular formula is C35H35NO8. The van der Waals surface area contributed by atoms with Gasteiger partial charge in [-0.1, -0.05) is 74.0 Å². The van der Waals surface area contributed by atoms with E-state index in [1.165, 1.54) is 5.57 Å². The third kappa shape index (κ3) is 5.16. The zero-order chi connectivity index (χ0) is 31.1. The van der Waals surface area contributed by atoms with Crippen LogP contribution in [0.1, 0.15) is 72.8 Å². The Hall–Kier alpha value is -4.47. The van der Waals surface area contributed by atoms with Crippen molar-refractivity contribution in [1.82, 2.24) is 5.32 Å². The van der Waals surface area contributed by atoms with Crippen LogP contribution in [0, 0.1) is 5.41 Å². The fourth-order valence-electron chi connectivity index (χ4n) is 6.71. The Labute approximate surface area is 255 Å². The van der Waals surface area contributed by atoms with Gasteiger partial charge in [0.25, 0.3) is 5.91 Å². The molecule has 9 heteroatoms. The molecule has 0 unspecified atom stereocenters. The zero-order valence-corrected chi connectivity index (χ0v) is 24.9. The molecule has 0 aromatic heterocycles. The van der Waals surface area contributed by atoms with Crippen LogP contribution in [-0.2, 0) is 25.6 Å². The maximum absolute atomic E-state index is 13.4. The molecule has 2 bridgehead atoms. The van der Waals surface area contributed by atoms with E-state index in [1.807, 2.05) is 13.8 Å². The number of hydrogen-bond donors (Lipinski definition) is 2. The minimum Gasteiger partial charge on any atom is -0.425 e. The van der Waals surface area contributed by atoms with Crippen molar-refractivity contribution < 1.29 is 38.4 Å². The van der Waals surface area contributed by atoms with Gasteiger partial charge >= 0.3 is 12.1 Å². The average Bonchev–Trinajstić information content (AvgIpc) is 3.38. The molecule has 1 amide bonds. The number of nitrogens with one attached hydrogen (secondary N) is 1. The molecule has 1 spiro atoms. The van der Waals surface area contributed by atoms with Gasteiger partial charge in [0.2, 0.25) is 0 Å². The third-order valence-corrected chi connectivity index (χ3v) is 9.26. The summed E-state index contributed by atoms with van der Waals surface area (Å²) < 4.78 is 23.7. The summed E-state index contributed by atoms with van der Waals surface area (Å²) in [4.78, 5) is 39.1. The van der Waals surface area contributed by atoms with Crippen LogP contribution >= 0.6 is 0 Å². The minimum atomic E-state index is -1.73. The van der Waals surface area contributed by atoms with E-state index in [-0.39, 0.29) is 12.4 Å². The van der Waals surface area contributed by atoms with Gasteiger partial charge in [0.1, 0.15) is 5.75 Å². The quantitative estimate of drug-likeness (QED) is 0.210. The molecular weight excluding hydrogens is 562 g/mol. The second-order valence-corrected chi connectivity index (χ2v) is 12.1. The Morgan fingerprint density at radius 3 is 2.43 bits per heavy atom. The number of allylic oxidation sites excluding steroid dienone is 1. The molecule has 228 valence electrons. The Morgan fingerprint density at radius 2 is 1.70 bits per heavy atom. The zero-order valence-electron chi connectivity index (χ0n) is 24.9. The fraction of sp³-hybridized carbons (Fsp3) is 0.343. The van der Waals surface area contributed by atoms with Crippen molar-refractivity contribution in [3.8, 4) is 5.75 Å². The van der Waals surface area contributed by atoms with E-state index in [0.717, 1.165) is 17.6 Å². The molecule has 3 aromatic carbocycles. The highest BCUT2D eigenvalue weighted by Gasteiger charge is 2.64. The molecule has 1 fully saturated rings. The van der Waals surface area contributed by atoms with E-state index in [2.05, 4.69) is 12.2 Å². The Morgan fingerprint density at radius 1 is 1.00 bits per heavy atom. The van der Waals surface area contributed by atoms with Crippen molar-refractivity contribution in [3.05, 3.63) is 112 Å². The molecule has 0 saturated carbocycles. The van der Waals surface area contributed by atoms with Crippen molar-refractivity contribution in [3.63, 3.8) is 0 Å². The fourth-order valence-corrected chi connectivity index (χ4v) is 6.71. The molecule has 9 nitrogen and oxygen atoms in total. The number of hydrogen-bond acceptors (Lipinski definition) is 8. The standard InChI is InChI=1S/C35H35NO8/c1-21-16-17-35-30(43-33(40)44-35)26-18-25(15-14-24(26)19-41-20-27(21)34(35,2)3)42-32(39)29(37)28(22-10-6-4-7-11-22)36-31(38)23-12-8-5-9-13-23/h4-15,18,28-30,37H,16-17,19-20H2,1-3H3,(H,36,38)/t28-,29+,30-,35+/m0/s1. The number of carbonyl (C=O) groups is 3. The summed E-state index contributed by atoms with van der Waals surface area (Å²) in [6, 6.07) is 21.2. The van der Waals surface area contributed by atoms with E-state index in [0.29, 0.717) is 29.7 Å². The van der Waals surface area contributed by atoms with Crippen molar-refractivity contribution in [2.24, 2.45) is 5.41 Å². The molecule has 2 aliphatic heterocycles. The summed E-state index contributed by atoms with van der Waals surface area (Å²) in [6.45, 7) is 6.82. The second kappa shape index (κ2) is 11.6. The molecule has 1 saturated heterocycles. The van der Waals surface area contributed by atoms with Crippen molar-refractivity contribution in [1.29, 1.82) is 0 Å². The molecule has 1 aliphatic carbocycles. The van der Waals surface area contributed by atoms with Crippen LogP contribution in [0.25, 0.3) is 0 Å². The van der Waals surface area contributed by atoms with Crippen LogP contribution in [0.3, 0.4) is 0 Å². The van der Waals surface area contributed by atoms with Crippen LogP contribution in [0.2, 0.25) is 0 Å².